The minimum absolute atomic E-state index is 0.209. The van der Waals surface area contributed by atoms with Crippen molar-refractivity contribution in [3.63, 3.8) is 0 Å². The molecule has 0 saturated carbocycles. The number of hydrogen-bond donors (Lipinski definition) is 0. The third-order valence-corrected chi connectivity index (χ3v) is 3.50. The van der Waals surface area contributed by atoms with Crippen molar-refractivity contribution >= 4 is 15.9 Å². The van der Waals surface area contributed by atoms with E-state index in [0.29, 0.717) is 0 Å². The summed E-state index contributed by atoms with van der Waals surface area (Å²) < 4.78 is 16.1. The molecule has 3 rings (SSSR count). The molecule has 0 fully saturated rings. The summed E-state index contributed by atoms with van der Waals surface area (Å²) >= 11 is 3.31. The molecule has 0 N–H and O–H groups in total. The molecule has 0 radical (unpaired) electrons. The fourth-order valence-corrected chi connectivity index (χ4v) is 2.72. The van der Waals surface area contributed by atoms with Crippen LogP contribution in [0.2, 0.25) is 0 Å². The van der Waals surface area contributed by atoms with E-state index in [2.05, 4.69) is 35.6 Å². The van der Waals surface area contributed by atoms with Gasteiger partial charge >= 0.3 is 0 Å². The quantitative estimate of drug-likeness (QED) is 0.853. The van der Waals surface area contributed by atoms with Gasteiger partial charge in [0.1, 0.15) is 18.0 Å². The Labute approximate surface area is 113 Å². The lowest BCUT2D eigenvalue weighted by Crippen LogP contribution is -2.33. The van der Waals surface area contributed by atoms with Crippen LogP contribution < -0.4 is 0 Å². The molecular weight excluding hydrogens is 299 g/mol. The molecule has 0 bridgehead atoms. The lowest BCUT2D eigenvalue weighted by Gasteiger charge is -2.26. The minimum atomic E-state index is -0.209. The Morgan fingerprint density at radius 1 is 1.28 bits per heavy atom. The zero-order valence-electron chi connectivity index (χ0n) is 9.68. The molecule has 0 spiro atoms. The van der Waals surface area contributed by atoms with Gasteiger partial charge in [-0.25, -0.2) is 4.39 Å². The van der Waals surface area contributed by atoms with Gasteiger partial charge in [0.25, 0.3) is 0 Å². The molecule has 4 nitrogen and oxygen atoms in total. The van der Waals surface area contributed by atoms with Gasteiger partial charge in [0.2, 0.25) is 0 Å². The van der Waals surface area contributed by atoms with Crippen molar-refractivity contribution in [2.45, 2.75) is 19.6 Å². The molecule has 18 heavy (non-hydrogen) atoms. The molecule has 1 aromatic heterocycles. The highest BCUT2D eigenvalue weighted by Crippen LogP contribution is 2.18. The van der Waals surface area contributed by atoms with E-state index < -0.39 is 0 Å². The third kappa shape index (κ3) is 2.44. The van der Waals surface area contributed by atoms with Crippen molar-refractivity contribution in [3.8, 4) is 0 Å². The summed E-state index contributed by atoms with van der Waals surface area (Å²) in [4.78, 5) is 2.24. The molecule has 1 aliphatic rings. The Morgan fingerprint density at radius 3 is 3.00 bits per heavy atom. The fraction of sp³-hybridized carbons (Fsp3) is 0.333. The van der Waals surface area contributed by atoms with Gasteiger partial charge in [0.05, 0.1) is 6.54 Å². The van der Waals surface area contributed by atoms with E-state index in [-0.39, 0.29) is 5.82 Å². The van der Waals surface area contributed by atoms with Gasteiger partial charge in [-0.15, -0.1) is 10.2 Å². The zero-order chi connectivity index (χ0) is 12.5. The molecule has 0 amide bonds. The fourth-order valence-electron chi connectivity index (χ4n) is 2.21. The van der Waals surface area contributed by atoms with Crippen LogP contribution in [0.4, 0.5) is 4.39 Å². The lowest BCUT2D eigenvalue weighted by molar-refractivity contribution is 0.208. The minimum Gasteiger partial charge on any atom is -0.315 e. The summed E-state index contributed by atoms with van der Waals surface area (Å²) in [5.74, 6) is 0.760. The van der Waals surface area contributed by atoms with Gasteiger partial charge in [-0.05, 0) is 23.8 Å². The third-order valence-electron chi connectivity index (χ3n) is 3.05. The number of hydrogen-bond acceptors (Lipinski definition) is 3. The Kier molecular flexibility index (Phi) is 3.13. The monoisotopic (exact) mass is 310 g/mol. The van der Waals surface area contributed by atoms with Crippen molar-refractivity contribution in [1.29, 1.82) is 0 Å². The normalized spacial score (nSPS) is 15.7. The average Bonchev–Trinajstić information content (AvgIpc) is 2.74. The standard InChI is InChI=1S/C12H12BrFN4/c13-10-3-9(4-11(14)5-10)6-17-1-2-18-8-15-16-12(18)7-17/h3-5,8H,1-2,6-7H2. The summed E-state index contributed by atoms with van der Waals surface area (Å²) in [7, 11) is 0. The number of fused-ring (bicyclic) bond motifs is 1. The summed E-state index contributed by atoms with van der Waals surface area (Å²) in [6.45, 7) is 3.30. The Bertz CT molecular complexity index is 549. The topological polar surface area (TPSA) is 34.0 Å². The summed E-state index contributed by atoms with van der Waals surface area (Å²) in [6, 6.07) is 4.99. The number of halogens is 2. The van der Waals surface area contributed by atoms with E-state index in [1.165, 1.54) is 6.07 Å². The maximum atomic E-state index is 13.3. The van der Waals surface area contributed by atoms with Crippen LogP contribution in [0.25, 0.3) is 0 Å². The van der Waals surface area contributed by atoms with Gasteiger partial charge in [-0.1, -0.05) is 15.9 Å². The van der Waals surface area contributed by atoms with Crippen LogP contribution in [0.15, 0.2) is 29.0 Å². The molecule has 0 aliphatic carbocycles. The van der Waals surface area contributed by atoms with Gasteiger partial charge in [-0.2, -0.15) is 0 Å². The maximum Gasteiger partial charge on any atom is 0.147 e. The molecule has 0 saturated heterocycles. The molecule has 94 valence electrons. The first-order valence-electron chi connectivity index (χ1n) is 5.75. The lowest BCUT2D eigenvalue weighted by atomic mass is 10.2. The van der Waals surface area contributed by atoms with Crippen molar-refractivity contribution < 1.29 is 4.39 Å². The van der Waals surface area contributed by atoms with Gasteiger partial charge in [0.15, 0.2) is 0 Å². The summed E-state index contributed by atoms with van der Waals surface area (Å²) in [5, 5.41) is 7.96. The highest BCUT2D eigenvalue weighted by Gasteiger charge is 2.17. The SMILES string of the molecule is Fc1cc(Br)cc(CN2CCn3cnnc3C2)c1. The highest BCUT2D eigenvalue weighted by molar-refractivity contribution is 9.10. The predicted octanol–water partition coefficient (Wildman–Crippen LogP) is 2.20. The largest absolute Gasteiger partial charge is 0.315 e. The zero-order valence-corrected chi connectivity index (χ0v) is 11.3. The number of benzene rings is 1. The smallest absolute Gasteiger partial charge is 0.147 e. The number of nitrogens with zero attached hydrogens (tertiary/aromatic N) is 4. The Hall–Kier alpha value is -1.27. The van der Waals surface area contributed by atoms with E-state index in [0.717, 1.165) is 42.0 Å². The van der Waals surface area contributed by atoms with Crippen LogP contribution in [0.1, 0.15) is 11.4 Å². The highest BCUT2D eigenvalue weighted by atomic mass is 79.9. The van der Waals surface area contributed by atoms with Gasteiger partial charge in [0, 0.05) is 24.1 Å². The van der Waals surface area contributed by atoms with E-state index in [9.17, 15) is 4.39 Å². The molecule has 0 atom stereocenters. The molecule has 0 unspecified atom stereocenters. The molecule has 2 heterocycles. The van der Waals surface area contributed by atoms with Crippen LogP contribution >= 0.6 is 15.9 Å². The second kappa shape index (κ2) is 4.78. The average molecular weight is 311 g/mol. The molecular formula is C12H12BrFN4. The van der Waals surface area contributed by atoms with E-state index >= 15 is 0 Å². The van der Waals surface area contributed by atoms with Gasteiger partial charge in [-0.3, -0.25) is 4.90 Å². The van der Waals surface area contributed by atoms with Crippen LogP contribution in [0.5, 0.6) is 0 Å². The van der Waals surface area contributed by atoms with Crippen LogP contribution in [0.3, 0.4) is 0 Å². The molecule has 1 aromatic carbocycles. The summed E-state index contributed by atoms with van der Waals surface area (Å²) in [5.41, 5.74) is 0.967. The van der Waals surface area contributed by atoms with Crippen LogP contribution in [-0.4, -0.2) is 26.2 Å². The first kappa shape index (κ1) is 11.8. The molecule has 6 heteroatoms. The van der Waals surface area contributed by atoms with Crippen molar-refractivity contribution in [3.05, 3.63) is 46.2 Å². The van der Waals surface area contributed by atoms with Gasteiger partial charge < -0.3 is 4.57 Å². The number of rotatable bonds is 2. The first-order chi connectivity index (χ1) is 8.70. The van der Waals surface area contributed by atoms with E-state index in [4.69, 9.17) is 0 Å². The second-order valence-electron chi connectivity index (χ2n) is 4.43. The van der Waals surface area contributed by atoms with Crippen molar-refractivity contribution in [1.82, 2.24) is 19.7 Å². The first-order valence-corrected chi connectivity index (χ1v) is 6.54. The van der Waals surface area contributed by atoms with Crippen LogP contribution in [-0.2, 0) is 19.6 Å². The van der Waals surface area contributed by atoms with Crippen molar-refractivity contribution in [2.24, 2.45) is 0 Å². The van der Waals surface area contributed by atoms with E-state index in [1.807, 2.05) is 6.07 Å². The summed E-state index contributed by atoms with van der Waals surface area (Å²) in [6.07, 6.45) is 1.76. The predicted molar refractivity (Wildman–Crippen MR) is 68.2 cm³/mol. The molecule has 1 aliphatic heterocycles. The second-order valence-corrected chi connectivity index (χ2v) is 5.34. The number of aromatic nitrogens is 3. The molecule has 2 aromatic rings. The van der Waals surface area contributed by atoms with E-state index in [1.54, 1.807) is 12.4 Å². The maximum absolute atomic E-state index is 13.3. The van der Waals surface area contributed by atoms with Crippen LogP contribution in [0, 0.1) is 5.82 Å². The Morgan fingerprint density at radius 2 is 2.17 bits per heavy atom. The van der Waals surface area contributed by atoms with Crippen molar-refractivity contribution in [2.75, 3.05) is 6.54 Å². The Balaban J connectivity index is 1.74.